The number of amides is 1. The first-order chi connectivity index (χ1) is 10.9. The van der Waals surface area contributed by atoms with Gasteiger partial charge >= 0.3 is 5.97 Å². The standard InChI is InChI=1S/C17H16FNO3S/c1-10-11(2)23-16(15(10)17(21)22-3)19-14(20)9-6-12-4-7-13(18)8-5-12/h4-9H,1-3H3,(H,19,20)/b9-6+. The third-order valence-corrected chi connectivity index (χ3v) is 4.43. The Morgan fingerprint density at radius 1 is 1.22 bits per heavy atom. The Labute approximate surface area is 137 Å². The summed E-state index contributed by atoms with van der Waals surface area (Å²) in [5.41, 5.74) is 1.87. The van der Waals surface area contributed by atoms with E-state index in [-0.39, 0.29) is 11.7 Å². The average Bonchev–Trinajstić information content (AvgIpc) is 2.80. The van der Waals surface area contributed by atoms with E-state index in [1.165, 1.54) is 36.7 Å². The van der Waals surface area contributed by atoms with Crippen LogP contribution in [0.25, 0.3) is 6.08 Å². The molecule has 1 aromatic heterocycles. The minimum atomic E-state index is -0.482. The molecule has 4 nitrogen and oxygen atoms in total. The van der Waals surface area contributed by atoms with E-state index >= 15 is 0 Å². The second-order valence-electron chi connectivity index (χ2n) is 4.85. The summed E-state index contributed by atoms with van der Waals surface area (Å²) >= 11 is 1.32. The van der Waals surface area contributed by atoms with E-state index in [1.807, 2.05) is 13.8 Å². The fourth-order valence-corrected chi connectivity index (χ4v) is 3.01. The SMILES string of the molecule is COC(=O)c1c(NC(=O)/C=C/c2ccc(F)cc2)sc(C)c1C. The molecule has 1 amide bonds. The molecule has 0 bridgehead atoms. The number of carbonyl (C=O) groups is 2. The van der Waals surface area contributed by atoms with E-state index in [0.29, 0.717) is 16.1 Å². The summed E-state index contributed by atoms with van der Waals surface area (Å²) < 4.78 is 17.6. The van der Waals surface area contributed by atoms with Crippen molar-refractivity contribution in [3.63, 3.8) is 0 Å². The maximum absolute atomic E-state index is 12.8. The van der Waals surface area contributed by atoms with Crippen LogP contribution in [0.1, 0.15) is 26.4 Å². The fourth-order valence-electron chi connectivity index (χ4n) is 1.96. The molecule has 1 N–H and O–H groups in total. The van der Waals surface area contributed by atoms with Crippen molar-refractivity contribution in [2.45, 2.75) is 13.8 Å². The summed E-state index contributed by atoms with van der Waals surface area (Å²) in [6, 6.07) is 5.77. The van der Waals surface area contributed by atoms with Gasteiger partial charge in [0.1, 0.15) is 10.8 Å². The van der Waals surface area contributed by atoms with E-state index in [0.717, 1.165) is 10.4 Å². The average molecular weight is 333 g/mol. The monoisotopic (exact) mass is 333 g/mol. The molecule has 0 unspecified atom stereocenters. The number of anilines is 1. The number of hydrogen-bond donors (Lipinski definition) is 1. The van der Waals surface area contributed by atoms with Crippen LogP contribution in [0.4, 0.5) is 9.39 Å². The molecule has 120 valence electrons. The van der Waals surface area contributed by atoms with Crippen LogP contribution in [0.2, 0.25) is 0 Å². The van der Waals surface area contributed by atoms with E-state index in [4.69, 9.17) is 4.74 Å². The number of aryl methyl sites for hydroxylation is 1. The van der Waals surface area contributed by atoms with Gasteiger partial charge in [0.25, 0.3) is 0 Å². The zero-order valence-electron chi connectivity index (χ0n) is 13.0. The van der Waals surface area contributed by atoms with Gasteiger partial charge in [0.15, 0.2) is 0 Å². The minimum absolute atomic E-state index is 0.334. The topological polar surface area (TPSA) is 55.4 Å². The molecule has 0 aliphatic rings. The van der Waals surface area contributed by atoms with Gasteiger partial charge in [-0.1, -0.05) is 12.1 Å². The molecule has 23 heavy (non-hydrogen) atoms. The Bertz CT molecular complexity index is 763. The van der Waals surface area contributed by atoms with Gasteiger partial charge in [0.2, 0.25) is 5.91 Å². The molecule has 0 radical (unpaired) electrons. The zero-order chi connectivity index (χ0) is 17.0. The fraction of sp³-hybridized carbons (Fsp3) is 0.176. The highest BCUT2D eigenvalue weighted by Gasteiger charge is 2.20. The van der Waals surface area contributed by atoms with Crippen LogP contribution >= 0.6 is 11.3 Å². The lowest BCUT2D eigenvalue weighted by atomic mass is 10.1. The first-order valence-corrected chi connectivity index (χ1v) is 7.67. The second kappa shape index (κ2) is 7.19. The Kier molecular flexibility index (Phi) is 5.28. The summed E-state index contributed by atoms with van der Waals surface area (Å²) in [6.07, 6.45) is 2.90. The number of methoxy groups -OCH3 is 1. The number of carbonyl (C=O) groups excluding carboxylic acids is 2. The number of nitrogens with one attached hydrogen (secondary N) is 1. The molecule has 0 fully saturated rings. The minimum Gasteiger partial charge on any atom is -0.465 e. The van der Waals surface area contributed by atoms with Gasteiger partial charge in [-0.25, -0.2) is 9.18 Å². The van der Waals surface area contributed by atoms with Crippen LogP contribution < -0.4 is 5.32 Å². The summed E-state index contributed by atoms with van der Waals surface area (Å²) in [4.78, 5) is 24.8. The van der Waals surface area contributed by atoms with Crippen molar-refractivity contribution >= 4 is 34.3 Å². The van der Waals surface area contributed by atoms with Crippen molar-refractivity contribution in [3.05, 3.63) is 57.7 Å². The van der Waals surface area contributed by atoms with E-state index in [2.05, 4.69) is 5.32 Å². The van der Waals surface area contributed by atoms with Gasteiger partial charge < -0.3 is 10.1 Å². The van der Waals surface area contributed by atoms with Crippen molar-refractivity contribution in [3.8, 4) is 0 Å². The lowest BCUT2D eigenvalue weighted by Crippen LogP contribution is -2.11. The molecule has 0 aliphatic carbocycles. The highest BCUT2D eigenvalue weighted by atomic mass is 32.1. The van der Waals surface area contributed by atoms with Gasteiger partial charge in [-0.05, 0) is 43.2 Å². The van der Waals surface area contributed by atoms with Gasteiger partial charge in [0.05, 0.1) is 12.7 Å². The Morgan fingerprint density at radius 3 is 2.48 bits per heavy atom. The van der Waals surface area contributed by atoms with E-state index < -0.39 is 5.97 Å². The molecule has 2 aromatic rings. The third-order valence-electron chi connectivity index (χ3n) is 3.31. The van der Waals surface area contributed by atoms with Crippen LogP contribution in [-0.4, -0.2) is 19.0 Å². The number of esters is 1. The number of hydrogen-bond acceptors (Lipinski definition) is 4. The predicted octanol–water partition coefficient (Wildman–Crippen LogP) is 3.94. The highest BCUT2D eigenvalue weighted by molar-refractivity contribution is 7.16. The molecule has 2 rings (SSSR count). The Hall–Kier alpha value is -2.47. The van der Waals surface area contributed by atoms with Crippen LogP contribution in [0, 0.1) is 19.7 Å². The van der Waals surface area contributed by atoms with Crippen LogP contribution in [0.3, 0.4) is 0 Å². The molecule has 0 atom stereocenters. The third kappa shape index (κ3) is 4.04. The van der Waals surface area contributed by atoms with Crippen molar-refractivity contribution in [1.29, 1.82) is 0 Å². The van der Waals surface area contributed by atoms with Crippen molar-refractivity contribution in [1.82, 2.24) is 0 Å². The van der Waals surface area contributed by atoms with Gasteiger partial charge in [-0.3, -0.25) is 4.79 Å². The summed E-state index contributed by atoms with van der Waals surface area (Å²) in [6.45, 7) is 3.68. The second-order valence-corrected chi connectivity index (χ2v) is 6.08. The summed E-state index contributed by atoms with van der Waals surface area (Å²) in [7, 11) is 1.30. The number of benzene rings is 1. The number of rotatable bonds is 4. The lowest BCUT2D eigenvalue weighted by Gasteiger charge is -2.04. The maximum Gasteiger partial charge on any atom is 0.341 e. The number of halogens is 1. The van der Waals surface area contributed by atoms with E-state index in [9.17, 15) is 14.0 Å². The molecular formula is C17H16FNO3S. The van der Waals surface area contributed by atoms with Crippen molar-refractivity contribution < 1.29 is 18.7 Å². The normalized spacial score (nSPS) is 10.8. The van der Waals surface area contributed by atoms with E-state index in [1.54, 1.807) is 18.2 Å². The molecular weight excluding hydrogens is 317 g/mol. The Balaban J connectivity index is 2.16. The largest absolute Gasteiger partial charge is 0.465 e. The van der Waals surface area contributed by atoms with Crippen molar-refractivity contribution in [2.75, 3.05) is 12.4 Å². The summed E-state index contributed by atoms with van der Waals surface area (Å²) in [5.74, 6) is -1.19. The highest BCUT2D eigenvalue weighted by Crippen LogP contribution is 2.32. The zero-order valence-corrected chi connectivity index (χ0v) is 13.8. The molecule has 1 heterocycles. The molecule has 0 spiro atoms. The van der Waals surface area contributed by atoms with Crippen molar-refractivity contribution in [2.24, 2.45) is 0 Å². The molecule has 6 heteroatoms. The number of ether oxygens (including phenoxy) is 1. The van der Waals surface area contributed by atoms with Gasteiger partial charge in [0, 0.05) is 11.0 Å². The van der Waals surface area contributed by atoms with Gasteiger partial charge in [-0.2, -0.15) is 0 Å². The van der Waals surface area contributed by atoms with Crippen LogP contribution in [0.5, 0.6) is 0 Å². The predicted molar refractivity (Wildman–Crippen MR) is 89.2 cm³/mol. The first-order valence-electron chi connectivity index (χ1n) is 6.85. The number of thiophene rings is 1. The summed E-state index contributed by atoms with van der Waals surface area (Å²) in [5, 5.41) is 3.15. The maximum atomic E-state index is 12.8. The first kappa shape index (κ1) is 16.9. The quantitative estimate of drug-likeness (QED) is 0.681. The van der Waals surface area contributed by atoms with Crippen LogP contribution in [0.15, 0.2) is 30.3 Å². The lowest BCUT2D eigenvalue weighted by molar-refractivity contribution is -0.111. The molecule has 0 saturated heterocycles. The molecule has 0 saturated carbocycles. The molecule has 1 aromatic carbocycles. The van der Waals surface area contributed by atoms with Crippen LogP contribution in [-0.2, 0) is 9.53 Å². The smallest absolute Gasteiger partial charge is 0.341 e. The van der Waals surface area contributed by atoms with Gasteiger partial charge in [-0.15, -0.1) is 11.3 Å². The Morgan fingerprint density at radius 2 is 1.87 bits per heavy atom. The molecule has 0 aliphatic heterocycles.